The van der Waals surface area contributed by atoms with E-state index in [4.69, 9.17) is 4.74 Å². The number of fused-ring (bicyclic) bond motifs is 6. The molecule has 4 aromatic heterocycles. The number of H-pyrrole nitrogens is 1. The van der Waals surface area contributed by atoms with Gasteiger partial charge in [-0.3, -0.25) is 33.1 Å². The van der Waals surface area contributed by atoms with E-state index in [0.29, 0.717) is 58.3 Å². The Morgan fingerprint density at radius 3 is 2.38 bits per heavy atom. The molecule has 212 valence electrons. The number of nitrogens with zero attached hydrogens (tertiary/aromatic N) is 5. The lowest BCUT2D eigenvalue weighted by Crippen LogP contribution is -2.37. The highest BCUT2D eigenvalue weighted by atomic mass is 16.5. The summed E-state index contributed by atoms with van der Waals surface area (Å²) < 4.78 is 12.9. The van der Waals surface area contributed by atoms with E-state index < -0.39 is 22.9 Å². The number of aromatic amines is 1. The van der Waals surface area contributed by atoms with Crippen LogP contribution < -0.4 is 22.5 Å². The number of nitrogens with one attached hydrogen (secondary N) is 1. The van der Waals surface area contributed by atoms with E-state index in [2.05, 4.69) is 4.98 Å². The number of aromatic nitrogens is 6. The van der Waals surface area contributed by atoms with E-state index in [-0.39, 0.29) is 24.6 Å². The van der Waals surface area contributed by atoms with Crippen molar-refractivity contribution in [2.24, 2.45) is 21.1 Å². The highest BCUT2D eigenvalue weighted by molar-refractivity contribution is 5.95. The van der Waals surface area contributed by atoms with E-state index in [1.807, 2.05) is 35.1 Å². The lowest BCUT2D eigenvalue weighted by molar-refractivity contribution is -0.142. The van der Waals surface area contributed by atoms with Gasteiger partial charge in [-0.2, -0.15) is 0 Å². The molecule has 0 amide bonds. The van der Waals surface area contributed by atoms with Gasteiger partial charge in [0.1, 0.15) is 17.9 Å². The molecule has 0 unspecified atom stereocenters. The summed E-state index contributed by atoms with van der Waals surface area (Å²) >= 11 is 0. The summed E-state index contributed by atoms with van der Waals surface area (Å²) in [6.45, 7) is 5.61. The van der Waals surface area contributed by atoms with Gasteiger partial charge in [0.15, 0.2) is 0 Å². The molecule has 12 nitrogen and oxygen atoms in total. The summed E-state index contributed by atoms with van der Waals surface area (Å²) in [7, 11) is 4.89. The Kier molecular flexibility index (Phi) is 6.80. The second-order valence-corrected chi connectivity index (χ2v) is 10.4. The third kappa shape index (κ3) is 3.92. The van der Waals surface area contributed by atoms with Gasteiger partial charge in [0.25, 0.3) is 11.1 Å². The predicted molar refractivity (Wildman–Crippen MR) is 153 cm³/mol. The minimum Gasteiger partial charge on any atom is -0.464 e. The lowest BCUT2D eigenvalue weighted by Gasteiger charge is -2.21. The fourth-order valence-electron chi connectivity index (χ4n) is 5.92. The highest BCUT2D eigenvalue weighted by Gasteiger charge is 2.30. The van der Waals surface area contributed by atoms with Crippen LogP contribution >= 0.6 is 0 Å². The topological polar surface area (TPSA) is 135 Å². The maximum Gasteiger partial charge on any atom is 0.332 e. The molecule has 4 heterocycles. The Bertz CT molecular complexity index is 1960. The monoisotopic (exact) mass is 550 g/mol. The summed E-state index contributed by atoms with van der Waals surface area (Å²) in [5.41, 5.74) is 1.96. The second kappa shape index (κ2) is 10.00. The van der Waals surface area contributed by atoms with Gasteiger partial charge in [0.05, 0.1) is 16.8 Å². The van der Waals surface area contributed by atoms with Gasteiger partial charge in [-0.15, -0.1) is 0 Å². The molecule has 5 rings (SSSR count). The van der Waals surface area contributed by atoms with E-state index in [1.165, 1.54) is 23.1 Å². The van der Waals surface area contributed by atoms with Gasteiger partial charge >= 0.3 is 17.3 Å². The van der Waals surface area contributed by atoms with Crippen LogP contribution in [0.2, 0.25) is 0 Å². The molecule has 0 aliphatic heterocycles. The molecule has 0 bridgehead atoms. The molecule has 0 radical (unpaired) electrons. The molecular formula is C28H34N6O6. The van der Waals surface area contributed by atoms with Crippen molar-refractivity contribution in [3.8, 4) is 0 Å². The molecule has 12 heteroatoms. The molecule has 40 heavy (non-hydrogen) atoms. The molecule has 1 aliphatic rings. The molecular weight excluding hydrogens is 516 g/mol. The number of esters is 1. The average Bonchev–Trinajstić information content (AvgIpc) is 3.27. The van der Waals surface area contributed by atoms with Crippen LogP contribution in [0.5, 0.6) is 0 Å². The van der Waals surface area contributed by atoms with Crippen molar-refractivity contribution in [3.63, 3.8) is 0 Å². The largest absolute Gasteiger partial charge is 0.464 e. The second-order valence-electron chi connectivity index (χ2n) is 10.4. The zero-order valence-corrected chi connectivity index (χ0v) is 23.7. The van der Waals surface area contributed by atoms with Gasteiger partial charge < -0.3 is 13.9 Å². The van der Waals surface area contributed by atoms with Crippen molar-refractivity contribution in [1.82, 2.24) is 27.8 Å². The van der Waals surface area contributed by atoms with Crippen LogP contribution in [0, 0.1) is 0 Å². The molecule has 0 spiro atoms. The Morgan fingerprint density at radius 1 is 1.00 bits per heavy atom. The smallest absolute Gasteiger partial charge is 0.332 e. The first-order chi connectivity index (χ1) is 19.0. The maximum atomic E-state index is 13.8. The van der Waals surface area contributed by atoms with Crippen molar-refractivity contribution >= 4 is 40.2 Å². The SMILES string of the molecule is CCCCn1c(=O)[nH]c2c(c3c(n2[C@H](CC)COC(C)=O)Cc2c(n(C)c4c2c(=O)n(C)c(=O)n4C)C=C3)c1=O. The molecule has 0 saturated heterocycles. The predicted octanol–water partition coefficient (Wildman–Crippen LogP) is 1.77. The molecule has 0 aromatic carbocycles. The number of hydrogen-bond donors (Lipinski definition) is 1. The van der Waals surface area contributed by atoms with E-state index in [0.717, 1.165) is 16.7 Å². The van der Waals surface area contributed by atoms with E-state index >= 15 is 0 Å². The number of hydrogen-bond acceptors (Lipinski definition) is 6. The summed E-state index contributed by atoms with van der Waals surface area (Å²) in [6, 6.07) is -0.381. The summed E-state index contributed by atoms with van der Waals surface area (Å²) in [5, 5.41) is 0.791. The molecule has 0 saturated carbocycles. The van der Waals surface area contributed by atoms with E-state index in [9.17, 15) is 24.0 Å². The van der Waals surface area contributed by atoms with Crippen LogP contribution in [0.3, 0.4) is 0 Å². The van der Waals surface area contributed by atoms with Crippen LogP contribution in [0.15, 0.2) is 19.2 Å². The molecule has 1 atom stereocenters. The Morgan fingerprint density at radius 2 is 1.73 bits per heavy atom. The van der Waals surface area contributed by atoms with Crippen LogP contribution in [-0.2, 0) is 43.6 Å². The molecule has 1 aliphatic carbocycles. The minimum absolute atomic E-state index is 0.0470. The van der Waals surface area contributed by atoms with Gasteiger partial charge in [-0.1, -0.05) is 26.3 Å². The quantitative estimate of drug-likeness (QED) is 0.307. The lowest BCUT2D eigenvalue weighted by atomic mass is 10.1. The minimum atomic E-state index is -0.499. The Balaban J connectivity index is 1.88. The summed E-state index contributed by atoms with van der Waals surface area (Å²) in [4.78, 5) is 67.7. The highest BCUT2D eigenvalue weighted by Crippen LogP contribution is 2.36. The number of ether oxygens (including phenoxy) is 1. The summed E-state index contributed by atoms with van der Waals surface area (Å²) in [6.07, 6.45) is 5.99. The van der Waals surface area contributed by atoms with Gasteiger partial charge in [-0.25, -0.2) is 9.59 Å². The third-order valence-electron chi connectivity index (χ3n) is 8.00. The number of unbranched alkanes of at least 4 members (excludes halogenated alkanes) is 1. The van der Waals surface area contributed by atoms with Crippen molar-refractivity contribution in [2.45, 2.75) is 59.0 Å². The van der Waals surface area contributed by atoms with E-state index in [1.54, 1.807) is 14.1 Å². The average molecular weight is 551 g/mol. The zero-order chi connectivity index (χ0) is 29.0. The van der Waals surface area contributed by atoms with Crippen LogP contribution in [0.4, 0.5) is 0 Å². The Labute approximate surface area is 228 Å². The van der Waals surface area contributed by atoms with Gasteiger partial charge in [0, 0.05) is 58.0 Å². The van der Waals surface area contributed by atoms with Gasteiger partial charge in [-0.05, 0) is 24.5 Å². The first-order valence-electron chi connectivity index (χ1n) is 13.5. The first-order valence-corrected chi connectivity index (χ1v) is 13.5. The fraction of sp³-hybridized carbons (Fsp3) is 0.464. The van der Waals surface area contributed by atoms with Crippen molar-refractivity contribution < 1.29 is 9.53 Å². The first kappa shape index (κ1) is 27.2. The fourth-order valence-corrected chi connectivity index (χ4v) is 5.92. The third-order valence-corrected chi connectivity index (χ3v) is 8.00. The molecule has 0 fully saturated rings. The standard InChI is InChI=1S/C28H34N6O6/c1-7-9-12-33-26(37)21-17-10-11-19-18(22-24(30(19)4)31(5)28(39)32(6)25(22)36)13-20(17)34(23(21)29-27(33)38)16(8-2)14-40-15(3)35/h10-11,16H,7-9,12-14H2,1-6H3,(H,29,38)/t16-/m1/s1. The van der Waals surface area contributed by atoms with Crippen LogP contribution in [-0.4, -0.2) is 40.4 Å². The van der Waals surface area contributed by atoms with Crippen LogP contribution in [0.1, 0.15) is 68.6 Å². The number of aryl methyl sites for hydroxylation is 2. The number of carbonyl (C=O) groups is 1. The normalized spacial score (nSPS) is 13.4. The molecule has 1 N–H and O–H groups in total. The molecule has 4 aromatic rings. The number of rotatable bonds is 7. The Hall–Kier alpha value is -4.35. The van der Waals surface area contributed by atoms with Gasteiger partial charge in [0.2, 0.25) is 0 Å². The van der Waals surface area contributed by atoms with Crippen molar-refractivity contribution in [2.75, 3.05) is 6.61 Å². The maximum absolute atomic E-state index is 13.8. The van der Waals surface area contributed by atoms with Crippen molar-refractivity contribution in [1.29, 1.82) is 0 Å². The van der Waals surface area contributed by atoms with Crippen molar-refractivity contribution in [3.05, 3.63) is 64.2 Å². The number of carbonyl (C=O) groups excluding carboxylic acids is 1. The van der Waals surface area contributed by atoms with Crippen LogP contribution in [0.25, 0.3) is 34.2 Å². The summed E-state index contributed by atoms with van der Waals surface area (Å²) in [5.74, 6) is -0.433. The zero-order valence-electron chi connectivity index (χ0n) is 23.7.